The molecule has 0 aliphatic carbocycles. The van der Waals surface area contributed by atoms with Crippen molar-refractivity contribution < 1.29 is 9.53 Å². The zero-order valence-corrected chi connectivity index (χ0v) is 12.2. The van der Waals surface area contributed by atoms with Crippen LogP contribution in [0.4, 0.5) is 0 Å². The fraction of sp³-hybridized carbons (Fsp3) is 0.812. The summed E-state index contributed by atoms with van der Waals surface area (Å²) < 4.78 is 4.60. The van der Waals surface area contributed by atoms with Crippen molar-refractivity contribution in [2.75, 3.05) is 7.11 Å². The minimum Gasteiger partial charge on any atom is -0.469 e. The van der Waals surface area contributed by atoms with Crippen molar-refractivity contribution >= 4 is 5.97 Å². The van der Waals surface area contributed by atoms with E-state index in [-0.39, 0.29) is 5.97 Å². The van der Waals surface area contributed by atoms with E-state index >= 15 is 0 Å². The Morgan fingerprint density at radius 3 is 2.00 bits per heavy atom. The van der Waals surface area contributed by atoms with E-state index in [1.54, 1.807) is 0 Å². The lowest BCUT2D eigenvalue weighted by Gasteiger charge is -1.98. The molecule has 0 atom stereocenters. The summed E-state index contributed by atoms with van der Waals surface area (Å²) in [5, 5.41) is 0. The minimum absolute atomic E-state index is 0.0855. The van der Waals surface area contributed by atoms with Gasteiger partial charge in [-0.2, -0.15) is 0 Å². The van der Waals surface area contributed by atoms with Gasteiger partial charge in [0.25, 0.3) is 0 Å². The Labute approximate surface area is 113 Å². The third-order valence-electron chi connectivity index (χ3n) is 3.12. The van der Waals surface area contributed by atoms with Crippen molar-refractivity contribution in [3.05, 3.63) is 12.2 Å². The summed E-state index contributed by atoms with van der Waals surface area (Å²) in [4.78, 5) is 10.9. The van der Waals surface area contributed by atoms with E-state index in [9.17, 15) is 4.79 Å². The zero-order chi connectivity index (χ0) is 13.5. The summed E-state index contributed by atoms with van der Waals surface area (Å²) in [6, 6.07) is 0. The number of esters is 1. The lowest BCUT2D eigenvalue weighted by atomic mass is 10.1. The molecular formula is C16H30O2. The van der Waals surface area contributed by atoms with E-state index in [0.717, 1.165) is 19.3 Å². The zero-order valence-electron chi connectivity index (χ0n) is 12.2. The predicted octanol–water partition coefficient (Wildman–Crippen LogP) is 5.03. The monoisotopic (exact) mass is 254 g/mol. The Hall–Kier alpha value is -0.790. The first kappa shape index (κ1) is 17.2. The van der Waals surface area contributed by atoms with Gasteiger partial charge >= 0.3 is 5.97 Å². The van der Waals surface area contributed by atoms with Gasteiger partial charge in [0.05, 0.1) is 7.11 Å². The number of methoxy groups -OCH3 is 1. The van der Waals surface area contributed by atoms with Crippen molar-refractivity contribution in [1.82, 2.24) is 0 Å². The fourth-order valence-corrected chi connectivity index (χ4v) is 1.91. The number of rotatable bonds is 12. The van der Waals surface area contributed by atoms with Crippen LogP contribution in [0.1, 0.15) is 77.6 Å². The molecule has 0 bridgehead atoms. The van der Waals surface area contributed by atoms with Gasteiger partial charge in [-0.05, 0) is 32.1 Å². The third kappa shape index (κ3) is 13.3. The summed E-state index contributed by atoms with van der Waals surface area (Å²) in [6.07, 6.45) is 17.6. The van der Waals surface area contributed by atoms with Crippen LogP contribution < -0.4 is 0 Å². The lowest BCUT2D eigenvalue weighted by Crippen LogP contribution is -1.98. The number of ether oxygens (including phenoxy) is 1. The molecule has 2 nitrogen and oxygen atoms in total. The smallest absolute Gasteiger partial charge is 0.305 e. The Morgan fingerprint density at radius 1 is 0.889 bits per heavy atom. The SMILES string of the molecule is CCCCCCC/C=C/CCCCCC(=O)OC. The number of hydrogen-bond acceptors (Lipinski definition) is 2. The van der Waals surface area contributed by atoms with Crippen LogP contribution in [0, 0.1) is 0 Å². The Balaban J connectivity index is 3.11. The van der Waals surface area contributed by atoms with Gasteiger partial charge in [-0.3, -0.25) is 4.79 Å². The van der Waals surface area contributed by atoms with Gasteiger partial charge in [0, 0.05) is 6.42 Å². The molecule has 106 valence electrons. The molecular weight excluding hydrogens is 224 g/mol. The summed E-state index contributed by atoms with van der Waals surface area (Å²) in [7, 11) is 1.45. The summed E-state index contributed by atoms with van der Waals surface area (Å²) in [5.41, 5.74) is 0. The third-order valence-corrected chi connectivity index (χ3v) is 3.12. The molecule has 0 aromatic carbocycles. The lowest BCUT2D eigenvalue weighted by molar-refractivity contribution is -0.140. The van der Waals surface area contributed by atoms with Crippen molar-refractivity contribution in [2.45, 2.75) is 77.6 Å². The molecule has 0 aliphatic heterocycles. The molecule has 0 saturated carbocycles. The van der Waals surface area contributed by atoms with Gasteiger partial charge in [-0.25, -0.2) is 0 Å². The highest BCUT2D eigenvalue weighted by Gasteiger charge is 1.97. The van der Waals surface area contributed by atoms with Gasteiger partial charge < -0.3 is 4.74 Å². The van der Waals surface area contributed by atoms with Crippen LogP contribution >= 0.6 is 0 Å². The van der Waals surface area contributed by atoms with Gasteiger partial charge in [0.2, 0.25) is 0 Å². The highest BCUT2D eigenvalue weighted by molar-refractivity contribution is 5.68. The largest absolute Gasteiger partial charge is 0.469 e. The van der Waals surface area contributed by atoms with Crippen LogP contribution in [-0.2, 0) is 9.53 Å². The Kier molecular flexibility index (Phi) is 13.6. The summed E-state index contributed by atoms with van der Waals surface area (Å²) in [5.74, 6) is -0.0855. The Bertz CT molecular complexity index is 209. The highest BCUT2D eigenvalue weighted by atomic mass is 16.5. The fourth-order valence-electron chi connectivity index (χ4n) is 1.91. The molecule has 0 spiro atoms. The molecule has 0 fully saturated rings. The van der Waals surface area contributed by atoms with E-state index < -0.39 is 0 Å². The normalized spacial score (nSPS) is 11.0. The van der Waals surface area contributed by atoms with Gasteiger partial charge in [0.15, 0.2) is 0 Å². The molecule has 0 saturated heterocycles. The van der Waals surface area contributed by atoms with E-state index in [1.807, 2.05) is 0 Å². The topological polar surface area (TPSA) is 26.3 Å². The maximum Gasteiger partial charge on any atom is 0.305 e. The number of unbranched alkanes of at least 4 members (excludes halogenated alkanes) is 8. The van der Waals surface area contributed by atoms with Gasteiger partial charge in [0.1, 0.15) is 0 Å². The second-order valence-electron chi connectivity index (χ2n) is 4.85. The number of carbonyl (C=O) groups excluding carboxylic acids is 1. The van der Waals surface area contributed by atoms with E-state index in [1.165, 1.54) is 52.1 Å². The van der Waals surface area contributed by atoms with Gasteiger partial charge in [-0.15, -0.1) is 0 Å². The maximum atomic E-state index is 10.9. The van der Waals surface area contributed by atoms with Crippen LogP contribution in [-0.4, -0.2) is 13.1 Å². The first-order chi connectivity index (χ1) is 8.81. The quantitative estimate of drug-likeness (QED) is 0.277. The van der Waals surface area contributed by atoms with Crippen LogP contribution in [0.25, 0.3) is 0 Å². The maximum absolute atomic E-state index is 10.9. The number of hydrogen-bond donors (Lipinski definition) is 0. The van der Waals surface area contributed by atoms with E-state index in [4.69, 9.17) is 0 Å². The summed E-state index contributed by atoms with van der Waals surface area (Å²) >= 11 is 0. The van der Waals surface area contributed by atoms with Crippen LogP contribution in [0.3, 0.4) is 0 Å². The average molecular weight is 254 g/mol. The first-order valence-electron chi connectivity index (χ1n) is 7.53. The predicted molar refractivity (Wildman–Crippen MR) is 77.6 cm³/mol. The van der Waals surface area contributed by atoms with Crippen LogP contribution in [0.2, 0.25) is 0 Å². The molecule has 0 rings (SSSR count). The van der Waals surface area contributed by atoms with Crippen molar-refractivity contribution in [2.24, 2.45) is 0 Å². The molecule has 0 heterocycles. The number of carbonyl (C=O) groups is 1. The van der Waals surface area contributed by atoms with Crippen molar-refractivity contribution in [3.63, 3.8) is 0 Å². The highest BCUT2D eigenvalue weighted by Crippen LogP contribution is 2.07. The molecule has 0 N–H and O–H groups in total. The molecule has 0 aromatic rings. The molecule has 0 unspecified atom stereocenters. The molecule has 0 aliphatic rings. The molecule has 2 heteroatoms. The van der Waals surface area contributed by atoms with Crippen molar-refractivity contribution in [3.8, 4) is 0 Å². The first-order valence-corrected chi connectivity index (χ1v) is 7.53. The molecule has 0 amide bonds. The summed E-state index contributed by atoms with van der Waals surface area (Å²) in [6.45, 7) is 2.25. The minimum atomic E-state index is -0.0855. The van der Waals surface area contributed by atoms with Crippen LogP contribution in [0.15, 0.2) is 12.2 Å². The van der Waals surface area contributed by atoms with Crippen LogP contribution in [0.5, 0.6) is 0 Å². The second-order valence-corrected chi connectivity index (χ2v) is 4.85. The van der Waals surface area contributed by atoms with Crippen molar-refractivity contribution in [1.29, 1.82) is 0 Å². The molecule has 0 radical (unpaired) electrons. The van der Waals surface area contributed by atoms with E-state index in [2.05, 4.69) is 23.8 Å². The van der Waals surface area contributed by atoms with Gasteiger partial charge in [-0.1, -0.05) is 51.2 Å². The molecule has 0 aromatic heterocycles. The standard InChI is InChI=1S/C16H30O2/c1-3-4-5-6-7-8-9-10-11-12-13-14-15-16(17)18-2/h9-10H,3-8,11-15H2,1-2H3/b10-9+. The molecule has 18 heavy (non-hydrogen) atoms. The van der Waals surface area contributed by atoms with E-state index in [0.29, 0.717) is 6.42 Å². The average Bonchev–Trinajstić information content (AvgIpc) is 2.39. The number of allylic oxidation sites excluding steroid dienone is 2. The Morgan fingerprint density at radius 2 is 1.44 bits per heavy atom. The second kappa shape index (κ2) is 14.3.